The monoisotopic (exact) mass is 378 g/mol. The van der Waals surface area contributed by atoms with Crippen LogP contribution < -0.4 is 11.2 Å². The minimum atomic E-state index is -0.448. The van der Waals surface area contributed by atoms with Gasteiger partial charge >= 0.3 is 5.69 Å². The van der Waals surface area contributed by atoms with E-state index in [2.05, 4.69) is 4.98 Å². The van der Waals surface area contributed by atoms with E-state index in [1.165, 1.54) is 9.13 Å². The summed E-state index contributed by atoms with van der Waals surface area (Å²) >= 11 is 0. The van der Waals surface area contributed by atoms with Crippen LogP contribution in [-0.2, 0) is 17.9 Å². The number of pyridine rings is 1. The first kappa shape index (κ1) is 18.2. The molecule has 1 aliphatic rings. The van der Waals surface area contributed by atoms with Crippen LogP contribution >= 0.6 is 0 Å². The van der Waals surface area contributed by atoms with Gasteiger partial charge in [0.15, 0.2) is 0 Å². The Morgan fingerprint density at radius 1 is 1.14 bits per heavy atom. The maximum Gasteiger partial charge on any atom is 0.331 e. The third kappa shape index (κ3) is 3.02. The molecular weight excluding hydrogens is 356 g/mol. The molecule has 1 unspecified atom stereocenters. The number of hydrogen-bond donors (Lipinski definition) is 0. The van der Waals surface area contributed by atoms with Crippen LogP contribution in [0.5, 0.6) is 0 Å². The van der Waals surface area contributed by atoms with Gasteiger partial charge in [-0.05, 0) is 43.5 Å². The Morgan fingerprint density at radius 3 is 2.71 bits per heavy atom. The van der Waals surface area contributed by atoms with Crippen molar-refractivity contribution in [2.45, 2.75) is 38.9 Å². The molecule has 3 heterocycles. The van der Waals surface area contributed by atoms with Crippen LogP contribution in [0.2, 0.25) is 0 Å². The van der Waals surface area contributed by atoms with E-state index in [1.807, 2.05) is 17.0 Å². The Bertz CT molecular complexity index is 1130. The van der Waals surface area contributed by atoms with E-state index in [1.54, 1.807) is 43.6 Å². The average molecular weight is 378 g/mol. The predicted molar refractivity (Wildman–Crippen MR) is 106 cm³/mol. The Balaban J connectivity index is 1.73. The van der Waals surface area contributed by atoms with Crippen LogP contribution in [0.15, 0.2) is 58.4 Å². The van der Waals surface area contributed by atoms with Crippen molar-refractivity contribution in [1.82, 2.24) is 19.0 Å². The molecule has 7 nitrogen and oxygen atoms in total. The van der Waals surface area contributed by atoms with Crippen LogP contribution in [0, 0.1) is 0 Å². The van der Waals surface area contributed by atoms with Crippen molar-refractivity contribution in [3.05, 3.63) is 75.2 Å². The number of rotatable bonds is 4. The lowest BCUT2D eigenvalue weighted by Crippen LogP contribution is -2.43. The number of benzene rings is 1. The van der Waals surface area contributed by atoms with E-state index in [0.717, 1.165) is 18.4 Å². The lowest BCUT2D eigenvalue weighted by atomic mass is 10.1. The van der Waals surface area contributed by atoms with Gasteiger partial charge in [-0.2, -0.15) is 0 Å². The number of amides is 1. The van der Waals surface area contributed by atoms with E-state index in [9.17, 15) is 14.4 Å². The van der Waals surface area contributed by atoms with Crippen LogP contribution in [-0.4, -0.2) is 31.5 Å². The van der Waals surface area contributed by atoms with Gasteiger partial charge in [-0.3, -0.25) is 23.7 Å². The second-order valence-electron chi connectivity index (χ2n) is 6.97. The summed E-state index contributed by atoms with van der Waals surface area (Å²) in [4.78, 5) is 44.6. The first-order valence-corrected chi connectivity index (χ1v) is 9.53. The number of likely N-dealkylation sites (tertiary alicyclic amines) is 1. The van der Waals surface area contributed by atoms with Crippen molar-refractivity contribution in [2.75, 3.05) is 6.54 Å². The molecule has 7 heteroatoms. The third-order valence-electron chi connectivity index (χ3n) is 5.38. The Kier molecular flexibility index (Phi) is 4.81. The summed E-state index contributed by atoms with van der Waals surface area (Å²) in [6.45, 7) is 2.58. The zero-order valence-corrected chi connectivity index (χ0v) is 15.7. The molecule has 0 spiro atoms. The molecule has 1 atom stereocenters. The van der Waals surface area contributed by atoms with Gasteiger partial charge in [0, 0.05) is 25.5 Å². The Hall–Kier alpha value is -3.22. The molecule has 0 bridgehead atoms. The van der Waals surface area contributed by atoms with E-state index < -0.39 is 5.69 Å². The molecule has 4 rings (SSSR count). The average Bonchev–Trinajstić information content (AvgIpc) is 3.22. The van der Waals surface area contributed by atoms with E-state index in [-0.39, 0.29) is 30.6 Å². The van der Waals surface area contributed by atoms with Gasteiger partial charge in [0.2, 0.25) is 5.91 Å². The number of carbonyl (C=O) groups is 1. The highest BCUT2D eigenvalue weighted by Gasteiger charge is 2.30. The largest absolute Gasteiger partial charge is 0.334 e. The summed E-state index contributed by atoms with van der Waals surface area (Å²) < 4.78 is 2.60. The summed E-state index contributed by atoms with van der Waals surface area (Å²) in [7, 11) is 0. The molecule has 0 aliphatic carbocycles. The van der Waals surface area contributed by atoms with Gasteiger partial charge < -0.3 is 4.90 Å². The number of fused-ring (bicyclic) bond motifs is 1. The van der Waals surface area contributed by atoms with Crippen LogP contribution in [0.4, 0.5) is 0 Å². The number of aromatic nitrogens is 3. The Labute approximate surface area is 161 Å². The summed E-state index contributed by atoms with van der Waals surface area (Å²) in [5.74, 6) is -0.125. The van der Waals surface area contributed by atoms with E-state index in [0.29, 0.717) is 17.4 Å². The second-order valence-corrected chi connectivity index (χ2v) is 6.97. The third-order valence-corrected chi connectivity index (χ3v) is 5.38. The van der Waals surface area contributed by atoms with Crippen molar-refractivity contribution < 1.29 is 4.79 Å². The number of carbonyl (C=O) groups excluding carboxylic acids is 1. The maximum atomic E-state index is 13.1. The molecule has 1 amide bonds. The molecule has 0 saturated carbocycles. The zero-order chi connectivity index (χ0) is 19.7. The van der Waals surface area contributed by atoms with Gasteiger partial charge in [-0.15, -0.1) is 0 Å². The highest BCUT2D eigenvalue weighted by molar-refractivity contribution is 5.82. The van der Waals surface area contributed by atoms with Crippen LogP contribution in [0.3, 0.4) is 0 Å². The number of para-hydroxylation sites is 1. The van der Waals surface area contributed by atoms with Gasteiger partial charge in [0.05, 0.1) is 16.9 Å². The maximum absolute atomic E-state index is 13.1. The second kappa shape index (κ2) is 7.42. The Morgan fingerprint density at radius 2 is 1.96 bits per heavy atom. The first-order chi connectivity index (χ1) is 13.6. The zero-order valence-electron chi connectivity index (χ0n) is 15.7. The van der Waals surface area contributed by atoms with Gasteiger partial charge in [0.1, 0.15) is 6.54 Å². The normalized spacial score (nSPS) is 16.6. The molecule has 28 heavy (non-hydrogen) atoms. The highest BCUT2D eigenvalue weighted by atomic mass is 16.2. The quantitative estimate of drug-likeness (QED) is 0.695. The molecule has 1 aliphatic heterocycles. The minimum Gasteiger partial charge on any atom is -0.334 e. The molecule has 0 N–H and O–H groups in total. The van der Waals surface area contributed by atoms with E-state index >= 15 is 0 Å². The van der Waals surface area contributed by atoms with Crippen molar-refractivity contribution in [2.24, 2.45) is 0 Å². The highest BCUT2D eigenvalue weighted by Crippen LogP contribution is 2.31. The van der Waals surface area contributed by atoms with Crippen LogP contribution in [0.25, 0.3) is 10.9 Å². The van der Waals surface area contributed by atoms with Gasteiger partial charge in [-0.1, -0.05) is 18.2 Å². The molecule has 3 aromatic rings. The molecule has 2 aromatic heterocycles. The summed E-state index contributed by atoms with van der Waals surface area (Å²) in [6.07, 6.45) is 5.29. The fraction of sp³-hybridized carbons (Fsp3) is 0.333. The lowest BCUT2D eigenvalue weighted by Gasteiger charge is -2.25. The molecule has 1 fully saturated rings. The molecule has 0 radical (unpaired) electrons. The van der Waals surface area contributed by atoms with Gasteiger partial charge in [-0.25, -0.2) is 4.79 Å². The van der Waals surface area contributed by atoms with Crippen molar-refractivity contribution in [3.8, 4) is 0 Å². The molecule has 144 valence electrons. The number of hydrogen-bond acceptors (Lipinski definition) is 4. The van der Waals surface area contributed by atoms with E-state index in [4.69, 9.17) is 0 Å². The summed E-state index contributed by atoms with van der Waals surface area (Å²) in [5, 5.41) is 0.446. The van der Waals surface area contributed by atoms with Crippen molar-refractivity contribution in [3.63, 3.8) is 0 Å². The fourth-order valence-electron chi connectivity index (χ4n) is 4.01. The smallest absolute Gasteiger partial charge is 0.331 e. The standard InChI is InChI=1S/C21H22N4O3/c1-2-23-20(27)16-8-3-4-9-18(16)25(21(23)28)14-19(26)24-12-6-10-17(24)15-7-5-11-22-13-15/h3-5,7-9,11,13,17H,2,6,10,12,14H2,1H3. The topological polar surface area (TPSA) is 77.2 Å². The summed E-state index contributed by atoms with van der Waals surface area (Å²) in [6, 6.07) is 10.8. The van der Waals surface area contributed by atoms with Crippen molar-refractivity contribution >= 4 is 16.8 Å². The van der Waals surface area contributed by atoms with Gasteiger partial charge in [0.25, 0.3) is 5.56 Å². The SMILES string of the molecule is CCn1c(=O)c2ccccc2n(CC(=O)N2CCCC2c2cccnc2)c1=O. The minimum absolute atomic E-state index is 0.0275. The van der Waals surface area contributed by atoms with Crippen molar-refractivity contribution in [1.29, 1.82) is 0 Å². The molecule has 1 aromatic carbocycles. The predicted octanol–water partition coefficient (Wildman–Crippen LogP) is 1.94. The lowest BCUT2D eigenvalue weighted by molar-refractivity contribution is -0.132. The summed E-state index contributed by atoms with van der Waals surface area (Å²) in [5.41, 5.74) is 0.731. The fourth-order valence-corrected chi connectivity index (χ4v) is 4.01. The number of nitrogens with zero attached hydrogens (tertiary/aromatic N) is 4. The molecule has 1 saturated heterocycles. The first-order valence-electron chi connectivity index (χ1n) is 9.53. The van der Waals surface area contributed by atoms with Crippen LogP contribution in [0.1, 0.15) is 31.4 Å². The molecular formula is C21H22N4O3.